The van der Waals surface area contributed by atoms with Crippen LogP contribution in [-0.4, -0.2) is 0 Å². The molecule has 1 nitrogen and oxygen atoms in total. The van der Waals surface area contributed by atoms with Gasteiger partial charge in [-0.1, -0.05) is 124 Å². The van der Waals surface area contributed by atoms with E-state index < -0.39 is 0 Å². The van der Waals surface area contributed by atoms with Crippen molar-refractivity contribution in [3.05, 3.63) is 127 Å². The van der Waals surface area contributed by atoms with Gasteiger partial charge in [-0.25, -0.2) is 0 Å². The predicted molar refractivity (Wildman–Crippen MR) is 190 cm³/mol. The first kappa shape index (κ1) is 27.9. The smallest absolute Gasteiger partial charge is 0.0314 e. The van der Waals surface area contributed by atoms with E-state index >= 15 is 0 Å². The Morgan fingerprint density at radius 2 is 0.825 bits per heavy atom. The van der Waals surface area contributed by atoms with Crippen LogP contribution >= 0.6 is 73.0 Å². The molecule has 0 radical (unpaired) electrons. The number of hydrogen-bond donors (Lipinski definition) is 1. The van der Waals surface area contributed by atoms with E-state index in [-0.39, 0.29) is 0 Å². The molecule has 0 fully saturated rings. The standard InChI is InChI=1S/C34H22Br4NP/c35-31-14-22-4-2-1-3-21(22)13-27(31)29-17-34(38)30(18-33(29)37)28-15-25(19-5-9-23(39)10-6-19)26(16-32(28)36)20-7-11-24(40)12-8-20/h1-18H,39-40H2. The van der Waals surface area contributed by atoms with Crippen LogP contribution in [0.3, 0.4) is 0 Å². The Morgan fingerprint density at radius 1 is 0.425 bits per heavy atom. The normalized spacial score (nSPS) is 11.2. The van der Waals surface area contributed by atoms with Crippen molar-refractivity contribution < 1.29 is 0 Å². The third kappa shape index (κ3) is 5.47. The van der Waals surface area contributed by atoms with E-state index in [9.17, 15) is 0 Å². The molecule has 196 valence electrons. The van der Waals surface area contributed by atoms with Crippen LogP contribution in [0.5, 0.6) is 0 Å². The Labute approximate surface area is 269 Å². The average Bonchev–Trinajstić information content (AvgIpc) is 2.95. The minimum Gasteiger partial charge on any atom is -0.399 e. The summed E-state index contributed by atoms with van der Waals surface area (Å²) in [6, 6.07) is 38.3. The van der Waals surface area contributed by atoms with Gasteiger partial charge >= 0.3 is 0 Å². The first-order chi connectivity index (χ1) is 19.3. The number of benzene rings is 6. The minimum atomic E-state index is 0.747. The Hall–Kier alpha value is -2.27. The summed E-state index contributed by atoms with van der Waals surface area (Å²) in [6.07, 6.45) is 0. The van der Waals surface area contributed by atoms with E-state index in [4.69, 9.17) is 5.73 Å². The second-order valence-electron chi connectivity index (χ2n) is 9.61. The summed E-state index contributed by atoms with van der Waals surface area (Å²) in [4.78, 5) is 0. The molecule has 0 bridgehead atoms. The van der Waals surface area contributed by atoms with Gasteiger partial charge in [-0.3, -0.25) is 0 Å². The third-order valence-electron chi connectivity index (χ3n) is 7.02. The maximum absolute atomic E-state index is 6.03. The minimum absolute atomic E-state index is 0.747. The molecule has 0 aliphatic carbocycles. The Morgan fingerprint density at radius 3 is 1.40 bits per heavy atom. The van der Waals surface area contributed by atoms with Gasteiger partial charge in [0.05, 0.1) is 0 Å². The van der Waals surface area contributed by atoms with Gasteiger partial charge in [0.15, 0.2) is 0 Å². The molecule has 6 aromatic rings. The van der Waals surface area contributed by atoms with Crippen molar-refractivity contribution in [2.75, 3.05) is 5.73 Å². The van der Waals surface area contributed by atoms with Crippen molar-refractivity contribution >= 4 is 94.7 Å². The topological polar surface area (TPSA) is 26.0 Å². The number of halogens is 4. The fourth-order valence-corrected chi connectivity index (χ4v) is 7.40. The molecule has 0 heterocycles. The maximum Gasteiger partial charge on any atom is 0.0314 e. The quantitative estimate of drug-likeness (QED) is 0.140. The van der Waals surface area contributed by atoms with Crippen molar-refractivity contribution in [2.24, 2.45) is 0 Å². The molecule has 6 rings (SSSR count). The van der Waals surface area contributed by atoms with E-state index in [0.29, 0.717) is 0 Å². The molecule has 0 aliphatic rings. The number of hydrogen-bond acceptors (Lipinski definition) is 1. The van der Waals surface area contributed by atoms with Crippen LogP contribution in [0.1, 0.15) is 0 Å². The van der Waals surface area contributed by atoms with Crippen LogP contribution in [-0.2, 0) is 0 Å². The highest BCUT2D eigenvalue weighted by Gasteiger charge is 2.18. The second-order valence-corrected chi connectivity index (χ2v) is 13.7. The van der Waals surface area contributed by atoms with Gasteiger partial charge in [-0.05, 0) is 109 Å². The van der Waals surface area contributed by atoms with Crippen molar-refractivity contribution in [1.29, 1.82) is 0 Å². The summed E-state index contributed by atoms with van der Waals surface area (Å²) in [5.41, 5.74) is 15.8. The lowest BCUT2D eigenvalue weighted by atomic mass is 9.90. The van der Waals surface area contributed by atoms with Gasteiger partial charge < -0.3 is 5.73 Å². The van der Waals surface area contributed by atoms with Crippen LogP contribution in [0, 0.1) is 0 Å². The zero-order chi connectivity index (χ0) is 28.0. The zero-order valence-electron chi connectivity index (χ0n) is 21.1. The maximum atomic E-state index is 6.03. The van der Waals surface area contributed by atoms with Crippen molar-refractivity contribution in [2.45, 2.75) is 0 Å². The van der Waals surface area contributed by atoms with Crippen LogP contribution < -0.4 is 11.0 Å². The monoisotopic (exact) mass is 791 g/mol. The van der Waals surface area contributed by atoms with Crippen molar-refractivity contribution in [1.82, 2.24) is 0 Å². The molecule has 6 aromatic carbocycles. The molecule has 0 aromatic heterocycles. The number of rotatable bonds is 4. The fourth-order valence-electron chi connectivity index (χ4n) is 4.96. The highest BCUT2D eigenvalue weighted by Crippen LogP contribution is 2.46. The molecule has 40 heavy (non-hydrogen) atoms. The van der Waals surface area contributed by atoms with Crippen molar-refractivity contribution in [3.63, 3.8) is 0 Å². The molecule has 1 atom stereocenters. The average molecular weight is 795 g/mol. The summed E-state index contributed by atoms with van der Waals surface area (Å²) >= 11 is 15.5. The summed E-state index contributed by atoms with van der Waals surface area (Å²) in [5, 5.41) is 3.56. The van der Waals surface area contributed by atoms with Gasteiger partial charge in [0.2, 0.25) is 0 Å². The first-order valence-electron chi connectivity index (χ1n) is 12.5. The van der Waals surface area contributed by atoms with E-state index in [2.05, 4.69) is 170 Å². The van der Waals surface area contributed by atoms with Crippen LogP contribution in [0.2, 0.25) is 0 Å². The largest absolute Gasteiger partial charge is 0.399 e. The zero-order valence-corrected chi connectivity index (χ0v) is 28.6. The first-order valence-corrected chi connectivity index (χ1v) is 16.3. The van der Waals surface area contributed by atoms with Crippen LogP contribution in [0.25, 0.3) is 55.3 Å². The molecule has 0 saturated heterocycles. The molecule has 0 aliphatic heterocycles. The summed E-state index contributed by atoms with van der Waals surface area (Å²) in [7, 11) is 2.76. The lowest BCUT2D eigenvalue weighted by Crippen LogP contribution is -1.94. The van der Waals surface area contributed by atoms with E-state index in [1.165, 1.54) is 10.8 Å². The lowest BCUT2D eigenvalue weighted by molar-refractivity contribution is 1.50. The van der Waals surface area contributed by atoms with E-state index in [1.54, 1.807) is 0 Å². The third-order valence-corrected chi connectivity index (χ3v) is 10.0. The van der Waals surface area contributed by atoms with E-state index in [0.717, 1.165) is 73.4 Å². The molecular weight excluding hydrogens is 773 g/mol. The second kappa shape index (κ2) is 11.5. The van der Waals surface area contributed by atoms with Crippen LogP contribution in [0.15, 0.2) is 127 Å². The molecule has 2 N–H and O–H groups in total. The Balaban J connectivity index is 1.52. The lowest BCUT2D eigenvalue weighted by Gasteiger charge is -2.18. The Kier molecular flexibility index (Phi) is 8.05. The SMILES string of the molecule is Nc1ccc(-c2cc(-c3cc(Br)c(-c4cc5ccccc5cc4Br)cc3Br)c(Br)cc2-c2ccc(P)cc2)cc1. The number of fused-ring (bicyclic) bond motifs is 1. The Bertz CT molecular complexity index is 1900. The molecule has 0 spiro atoms. The molecule has 1 unspecified atom stereocenters. The summed E-state index contributed by atoms with van der Waals surface area (Å²) in [5.74, 6) is 0. The highest BCUT2D eigenvalue weighted by molar-refractivity contribution is 9.11. The van der Waals surface area contributed by atoms with Gasteiger partial charge in [-0.15, -0.1) is 9.24 Å². The van der Waals surface area contributed by atoms with Gasteiger partial charge in [0.1, 0.15) is 0 Å². The van der Waals surface area contributed by atoms with Crippen LogP contribution in [0.4, 0.5) is 5.69 Å². The number of anilines is 1. The van der Waals surface area contributed by atoms with Crippen molar-refractivity contribution in [3.8, 4) is 44.5 Å². The summed E-state index contributed by atoms with van der Waals surface area (Å²) in [6.45, 7) is 0. The number of nitrogens with two attached hydrogens (primary N) is 1. The molecule has 0 amide bonds. The van der Waals surface area contributed by atoms with E-state index in [1.807, 2.05) is 12.1 Å². The summed E-state index contributed by atoms with van der Waals surface area (Å²) < 4.78 is 4.10. The molecule has 6 heteroatoms. The molecule has 0 saturated carbocycles. The molecular formula is C34H22Br4NP. The number of nitrogen functional groups attached to an aromatic ring is 1. The fraction of sp³-hybridized carbons (Fsp3) is 0. The predicted octanol–water partition coefficient (Wildman–Crippen LogP) is 11.6. The van der Waals surface area contributed by atoms with Gasteiger partial charge in [0, 0.05) is 23.6 Å². The van der Waals surface area contributed by atoms with Gasteiger partial charge in [0.25, 0.3) is 0 Å². The van der Waals surface area contributed by atoms with Gasteiger partial charge in [-0.2, -0.15) is 0 Å². The highest BCUT2D eigenvalue weighted by atomic mass is 79.9.